The van der Waals surface area contributed by atoms with E-state index >= 15 is 0 Å². The van der Waals surface area contributed by atoms with Crippen LogP contribution in [-0.2, 0) is 0 Å². The predicted molar refractivity (Wildman–Crippen MR) is 81.0 cm³/mol. The van der Waals surface area contributed by atoms with E-state index in [1.807, 2.05) is 24.3 Å². The predicted octanol–water partition coefficient (Wildman–Crippen LogP) is 3.66. The molecule has 1 fully saturated rings. The van der Waals surface area contributed by atoms with Crippen LogP contribution in [0.5, 0.6) is 0 Å². The Morgan fingerprint density at radius 1 is 1.45 bits per heavy atom. The maximum Gasteiger partial charge on any atom is 0.269 e. The van der Waals surface area contributed by atoms with E-state index < -0.39 is 0 Å². The number of rotatable bonds is 3. The molecule has 3 nitrogen and oxygen atoms in total. The van der Waals surface area contributed by atoms with Crippen LogP contribution in [0.3, 0.4) is 0 Å². The summed E-state index contributed by atoms with van der Waals surface area (Å²) >= 11 is 6.21. The Morgan fingerprint density at radius 3 is 2.85 bits per heavy atom. The first kappa shape index (κ1) is 13.4. The summed E-state index contributed by atoms with van der Waals surface area (Å²) < 4.78 is 0. The highest BCUT2D eigenvalue weighted by molar-refractivity contribution is 6.35. The minimum absolute atomic E-state index is 0.152. The van der Waals surface area contributed by atoms with Gasteiger partial charge in [-0.25, -0.2) is 4.98 Å². The highest BCUT2D eigenvalue weighted by atomic mass is 35.5. The van der Waals surface area contributed by atoms with E-state index in [1.54, 1.807) is 6.07 Å². The standard InChI is InChI=1S/C16H17ClN2O/c1-16(2)8-10(16)9-18-15(20)14-7-12(17)11-5-3-4-6-13(11)19-14/h3-7,10H,8-9H2,1-2H3,(H,18,20). The molecule has 2 aromatic rings. The van der Waals surface area contributed by atoms with Crippen molar-refractivity contribution in [3.63, 3.8) is 0 Å². The first-order valence-corrected chi connectivity index (χ1v) is 7.19. The lowest BCUT2D eigenvalue weighted by atomic mass is 10.1. The minimum Gasteiger partial charge on any atom is -0.350 e. The number of para-hydroxylation sites is 1. The highest BCUT2D eigenvalue weighted by Crippen LogP contribution is 2.50. The molecule has 1 atom stereocenters. The molecule has 1 aromatic carbocycles. The lowest BCUT2D eigenvalue weighted by molar-refractivity contribution is 0.0946. The molecule has 1 aromatic heterocycles. The molecule has 4 heteroatoms. The van der Waals surface area contributed by atoms with E-state index in [2.05, 4.69) is 24.1 Å². The van der Waals surface area contributed by atoms with E-state index in [9.17, 15) is 4.79 Å². The van der Waals surface area contributed by atoms with E-state index in [4.69, 9.17) is 11.6 Å². The molecule has 1 amide bonds. The largest absolute Gasteiger partial charge is 0.350 e. The second-order valence-corrected chi connectivity index (χ2v) is 6.51. The molecule has 1 heterocycles. The molecule has 1 unspecified atom stereocenters. The summed E-state index contributed by atoms with van der Waals surface area (Å²) in [4.78, 5) is 16.5. The topological polar surface area (TPSA) is 42.0 Å². The molecule has 0 bridgehead atoms. The van der Waals surface area contributed by atoms with Crippen molar-refractivity contribution in [2.45, 2.75) is 20.3 Å². The van der Waals surface area contributed by atoms with Crippen molar-refractivity contribution in [1.82, 2.24) is 10.3 Å². The van der Waals surface area contributed by atoms with Crippen molar-refractivity contribution in [1.29, 1.82) is 0 Å². The number of aromatic nitrogens is 1. The normalized spacial score (nSPS) is 19.9. The number of nitrogens with one attached hydrogen (secondary N) is 1. The molecule has 1 N–H and O–H groups in total. The first-order chi connectivity index (χ1) is 9.47. The molecule has 1 saturated carbocycles. The Balaban J connectivity index is 1.78. The number of pyridine rings is 1. The molecule has 0 aliphatic heterocycles. The van der Waals surface area contributed by atoms with Crippen LogP contribution in [0.4, 0.5) is 0 Å². The molecule has 0 saturated heterocycles. The second kappa shape index (κ2) is 4.74. The number of benzene rings is 1. The summed E-state index contributed by atoms with van der Waals surface area (Å²) in [5.41, 5.74) is 1.49. The Kier molecular flexibility index (Phi) is 3.17. The van der Waals surface area contributed by atoms with Gasteiger partial charge in [-0.05, 0) is 29.9 Å². The van der Waals surface area contributed by atoms with Gasteiger partial charge in [-0.3, -0.25) is 4.79 Å². The molecule has 3 rings (SSSR count). The Bertz CT molecular complexity index is 681. The lowest BCUT2D eigenvalue weighted by Gasteiger charge is -2.08. The van der Waals surface area contributed by atoms with Crippen LogP contribution in [-0.4, -0.2) is 17.4 Å². The fourth-order valence-corrected chi connectivity index (χ4v) is 2.74. The van der Waals surface area contributed by atoms with Crippen LogP contribution in [0.1, 0.15) is 30.8 Å². The number of fused-ring (bicyclic) bond motifs is 1. The van der Waals surface area contributed by atoms with Crippen LogP contribution < -0.4 is 5.32 Å². The molecule has 20 heavy (non-hydrogen) atoms. The minimum atomic E-state index is -0.152. The maximum atomic E-state index is 12.2. The van der Waals surface area contributed by atoms with Gasteiger partial charge in [0.25, 0.3) is 5.91 Å². The van der Waals surface area contributed by atoms with Crippen molar-refractivity contribution >= 4 is 28.4 Å². The van der Waals surface area contributed by atoms with Crippen molar-refractivity contribution in [2.24, 2.45) is 11.3 Å². The number of hydrogen-bond donors (Lipinski definition) is 1. The lowest BCUT2D eigenvalue weighted by Crippen LogP contribution is -2.27. The third-order valence-electron chi connectivity index (χ3n) is 4.12. The summed E-state index contributed by atoms with van der Waals surface area (Å²) in [7, 11) is 0. The molecule has 1 aliphatic carbocycles. The van der Waals surface area contributed by atoms with Gasteiger partial charge in [0.05, 0.1) is 10.5 Å². The van der Waals surface area contributed by atoms with Crippen molar-refractivity contribution in [3.8, 4) is 0 Å². The van der Waals surface area contributed by atoms with E-state index in [0.717, 1.165) is 10.9 Å². The number of hydrogen-bond acceptors (Lipinski definition) is 2. The maximum absolute atomic E-state index is 12.2. The van der Waals surface area contributed by atoms with Crippen LogP contribution in [0, 0.1) is 11.3 Å². The third kappa shape index (κ3) is 2.50. The number of carbonyl (C=O) groups is 1. The summed E-state index contributed by atoms with van der Waals surface area (Å²) in [6, 6.07) is 9.20. The Hall–Kier alpha value is -1.61. The van der Waals surface area contributed by atoms with Gasteiger partial charge in [0.15, 0.2) is 0 Å². The van der Waals surface area contributed by atoms with Crippen LogP contribution in [0.15, 0.2) is 30.3 Å². The molecular formula is C16H17ClN2O. The Morgan fingerprint density at radius 2 is 2.15 bits per heavy atom. The smallest absolute Gasteiger partial charge is 0.269 e. The van der Waals surface area contributed by atoms with Gasteiger partial charge >= 0.3 is 0 Å². The molecular weight excluding hydrogens is 272 g/mol. The third-order valence-corrected chi connectivity index (χ3v) is 4.44. The van der Waals surface area contributed by atoms with Crippen LogP contribution in [0.2, 0.25) is 5.02 Å². The fraction of sp³-hybridized carbons (Fsp3) is 0.375. The summed E-state index contributed by atoms with van der Waals surface area (Å²) in [5, 5.41) is 4.38. The average molecular weight is 289 g/mol. The van der Waals surface area contributed by atoms with Crippen LogP contribution in [0.25, 0.3) is 10.9 Å². The second-order valence-electron chi connectivity index (χ2n) is 6.11. The molecule has 0 spiro atoms. The zero-order chi connectivity index (χ0) is 14.3. The van der Waals surface area contributed by atoms with Gasteiger partial charge in [-0.2, -0.15) is 0 Å². The average Bonchev–Trinajstić information content (AvgIpc) is 3.03. The zero-order valence-corrected chi connectivity index (χ0v) is 12.4. The highest BCUT2D eigenvalue weighted by Gasteiger charge is 2.45. The van der Waals surface area contributed by atoms with Gasteiger partial charge in [0.1, 0.15) is 5.69 Å². The van der Waals surface area contributed by atoms with Gasteiger partial charge in [-0.1, -0.05) is 43.6 Å². The van der Waals surface area contributed by atoms with Crippen LogP contribution >= 0.6 is 11.6 Å². The molecule has 104 valence electrons. The summed E-state index contributed by atoms with van der Waals surface area (Å²) in [5.74, 6) is 0.419. The first-order valence-electron chi connectivity index (χ1n) is 6.81. The fourth-order valence-electron chi connectivity index (χ4n) is 2.48. The number of amides is 1. The van der Waals surface area contributed by atoms with Crippen molar-refractivity contribution < 1.29 is 4.79 Å². The van der Waals surface area contributed by atoms with E-state index in [-0.39, 0.29) is 5.91 Å². The Labute approximate surface area is 123 Å². The van der Waals surface area contributed by atoms with Gasteiger partial charge < -0.3 is 5.32 Å². The van der Waals surface area contributed by atoms with E-state index in [0.29, 0.717) is 28.6 Å². The monoisotopic (exact) mass is 288 g/mol. The van der Waals surface area contributed by atoms with Gasteiger partial charge in [-0.15, -0.1) is 0 Å². The van der Waals surface area contributed by atoms with E-state index in [1.165, 1.54) is 6.42 Å². The zero-order valence-electron chi connectivity index (χ0n) is 11.6. The van der Waals surface area contributed by atoms with Crippen molar-refractivity contribution in [3.05, 3.63) is 41.0 Å². The SMILES string of the molecule is CC1(C)CC1CNC(=O)c1cc(Cl)c2ccccc2n1. The summed E-state index contributed by atoms with van der Waals surface area (Å²) in [6.45, 7) is 5.14. The van der Waals surface area contributed by atoms with Gasteiger partial charge in [0.2, 0.25) is 0 Å². The molecule has 1 aliphatic rings. The van der Waals surface area contributed by atoms with Crippen molar-refractivity contribution in [2.75, 3.05) is 6.54 Å². The number of nitrogens with zero attached hydrogens (tertiary/aromatic N) is 1. The summed E-state index contributed by atoms with van der Waals surface area (Å²) in [6.07, 6.45) is 1.17. The number of carbonyl (C=O) groups excluding carboxylic acids is 1. The van der Waals surface area contributed by atoms with Gasteiger partial charge in [0, 0.05) is 11.9 Å². The number of halogens is 1. The molecule has 0 radical (unpaired) electrons. The quantitative estimate of drug-likeness (QED) is 0.936.